The highest BCUT2D eigenvalue weighted by Gasteiger charge is 2.25. The number of pyridine rings is 1. The number of benzene rings is 2. The number of rotatable bonds is 7. The van der Waals surface area contributed by atoms with Gasteiger partial charge < -0.3 is 25.4 Å². The summed E-state index contributed by atoms with van der Waals surface area (Å²) in [6, 6.07) is 11.9. The van der Waals surface area contributed by atoms with Gasteiger partial charge in [-0.15, -0.1) is 0 Å². The average Bonchev–Trinajstić information content (AvgIpc) is 2.75. The molecule has 0 aliphatic heterocycles. The van der Waals surface area contributed by atoms with Gasteiger partial charge in [0.1, 0.15) is 11.6 Å². The normalized spacial score (nSPS) is 10.3. The number of phenols is 2. The Kier molecular flexibility index (Phi) is 5.83. The zero-order chi connectivity index (χ0) is 21.8. The predicted octanol–water partition coefficient (Wildman–Crippen LogP) is 4.85. The van der Waals surface area contributed by atoms with E-state index in [1.54, 1.807) is 59.5 Å². The minimum Gasteiger partial charge on any atom is -0.503 e. The summed E-state index contributed by atoms with van der Waals surface area (Å²) in [5.41, 5.74) is 7.76. The van der Waals surface area contributed by atoms with Gasteiger partial charge in [-0.25, -0.2) is 4.98 Å². The molecule has 3 rings (SSSR count). The zero-order valence-electron chi connectivity index (χ0n) is 16.8. The van der Waals surface area contributed by atoms with Gasteiger partial charge in [-0.05, 0) is 36.4 Å². The molecule has 0 aliphatic rings. The second-order valence-corrected chi connectivity index (χ2v) is 6.28. The molecule has 0 saturated carbocycles. The van der Waals surface area contributed by atoms with E-state index in [0.29, 0.717) is 28.3 Å². The van der Waals surface area contributed by atoms with Gasteiger partial charge >= 0.3 is 0 Å². The maximum Gasteiger partial charge on any atom is 0.183 e. The van der Waals surface area contributed by atoms with Gasteiger partial charge in [-0.2, -0.15) is 0 Å². The van der Waals surface area contributed by atoms with Crippen LogP contribution < -0.4 is 20.1 Å². The first-order valence-corrected chi connectivity index (χ1v) is 9.04. The van der Waals surface area contributed by atoms with E-state index in [0.717, 1.165) is 0 Å². The van der Waals surface area contributed by atoms with Crippen molar-refractivity contribution in [1.82, 2.24) is 4.98 Å². The number of hydrogen-bond acceptors (Lipinski definition) is 7. The standard InChI is InChI=1S/C23H23N3O4/c1-5-14-10-12-16(20(27)22(14)29-3)26(19-9-7-8-18(24)25-19)17-13-11-15(6-2)23(30-4)21(17)28/h5-13,27-28H,1-2H2,3-4H3,(H2,24,25). The van der Waals surface area contributed by atoms with Gasteiger partial charge in [0, 0.05) is 11.1 Å². The van der Waals surface area contributed by atoms with Crippen LogP contribution in [0.4, 0.5) is 23.0 Å². The number of nitrogen functional groups attached to an aromatic ring is 1. The molecule has 0 atom stereocenters. The molecule has 30 heavy (non-hydrogen) atoms. The van der Waals surface area contributed by atoms with Gasteiger partial charge in [0.2, 0.25) is 0 Å². The van der Waals surface area contributed by atoms with E-state index in [4.69, 9.17) is 15.2 Å². The molecule has 0 fully saturated rings. The second kappa shape index (κ2) is 8.48. The molecule has 1 aromatic heterocycles. The van der Waals surface area contributed by atoms with E-state index < -0.39 is 0 Å². The molecule has 1 heterocycles. The third-order valence-corrected chi connectivity index (χ3v) is 4.60. The first-order valence-electron chi connectivity index (χ1n) is 9.04. The lowest BCUT2D eigenvalue weighted by Crippen LogP contribution is -2.13. The van der Waals surface area contributed by atoms with Crippen molar-refractivity contribution >= 4 is 35.2 Å². The number of aromatic nitrogens is 1. The van der Waals surface area contributed by atoms with Crippen molar-refractivity contribution in [3.05, 3.63) is 66.7 Å². The van der Waals surface area contributed by atoms with E-state index in [-0.39, 0.29) is 28.8 Å². The van der Waals surface area contributed by atoms with Crippen LogP contribution in [0.1, 0.15) is 11.1 Å². The Morgan fingerprint density at radius 3 is 1.77 bits per heavy atom. The Balaban J connectivity index is 2.35. The smallest absolute Gasteiger partial charge is 0.183 e. The highest BCUT2D eigenvalue weighted by molar-refractivity contribution is 5.87. The van der Waals surface area contributed by atoms with Gasteiger partial charge in [-0.1, -0.05) is 31.4 Å². The van der Waals surface area contributed by atoms with Crippen LogP contribution in [0.2, 0.25) is 0 Å². The van der Waals surface area contributed by atoms with Crippen molar-refractivity contribution in [3.8, 4) is 23.0 Å². The number of methoxy groups -OCH3 is 2. The maximum atomic E-state index is 11.0. The molecule has 0 saturated heterocycles. The summed E-state index contributed by atoms with van der Waals surface area (Å²) in [4.78, 5) is 5.93. The molecule has 7 heteroatoms. The van der Waals surface area contributed by atoms with E-state index in [2.05, 4.69) is 18.1 Å². The van der Waals surface area contributed by atoms with Crippen LogP contribution in [-0.2, 0) is 0 Å². The number of hydrogen-bond donors (Lipinski definition) is 3. The fourth-order valence-corrected chi connectivity index (χ4v) is 3.20. The number of phenolic OH excluding ortho intramolecular Hbond substituents is 2. The van der Waals surface area contributed by atoms with Crippen molar-refractivity contribution in [2.24, 2.45) is 0 Å². The summed E-state index contributed by atoms with van der Waals surface area (Å²) in [5, 5.41) is 22.0. The Morgan fingerprint density at radius 2 is 1.37 bits per heavy atom. The maximum absolute atomic E-state index is 11.0. The van der Waals surface area contributed by atoms with Crippen molar-refractivity contribution in [1.29, 1.82) is 0 Å². The molecule has 4 N–H and O–H groups in total. The summed E-state index contributed by atoms with van der Waals surface area (Å²) >= 11 is 0. The first kappa shape index (κ1) is 20.6. The summed E-state index contributed by atoms with van der Waals surface area (Å²) in [6.45, 7) is 7.48. The van der Waals surface area contributed by atoms with Crippen molar-refractivity contribution in [3.63, 3.8) is 0 Å². The number of nitrogens with two attached hydrogens (primary N) is 1. The van der Waals surface area contributed by atoms with Gasteiger partial charge in [0.05, 0.1) is 25.6 Å². The molecular formula is C23H23N3O4. The summed E-state index contributed by atoms with van der Waals surface area (Å²) < 4.78 is 10.7. The minimum atomic E-state index is -0.148. The van der Waals surface area contributed by atoms with Crippen molar-refractivity contribution in [2.45, 2.75) is 0 Å². The lowest BCUT2D eigenvalue weighted by molar-refractivity contribution is 0.371. The molecule has 7 nitrogen and oxygen atoms in total. The first-order chi connectivity index (χ1) is 14.5. The van der Waals surface area contributed by atoms with Gasteiger partial charge in [0.25, 0.3) is 0 Å². The Morgan fingerprint density at radius 1 is 0.867 bits per heavy atom. The molecule has 0 unspecified atom stereocenters. The van der Waals surface area contributed by atoms with Crippen LogP contribution >= 0.6 is 0 Å². The van der Waals surface area contributed by atoms with E-state index >= 15 is 0 Å². The lowest BCUT2D eigenvalue weighted by Gasteiger charge is -2.27. The zero-order valence-corrected chi connectivity index (χ0v) is 16.8. The molecule has 154 valence electrons. The van der Waals surface area contributed by atoms with Crippen LogP contribution in [0, 0.1) is 0 Å². The molecule has 2 aromatic carbocycles. The predicted molar refractivity (Wildman–Crippen MR) is 120 cm³/mol. The molecular weight excluding hydrogens is 382 g/mol. The summed E-state index contributed by atoms with van der Waals surface area (Å²) in [5.74, 6) is 0.843. The quantitative estimate of drug-likeness (QED) is 0.517. The topological polar surface area (TPSA) is 101 Å². The third kappa shape index (κ3) is 3.48. The number of ether oxygens (including phenoxy) is 2. The van der Waals surface area contributed by atoms with Gasteiger partial charge in [0.15, 0.2) is 23.0 Å². The van der Waals surface area contributed by atoms with E-state index in [9.17, 15) is 10.2 Å². The van der Waals surface area contributed by atoms with Crippen LogP contribution in [0.3, 0.4) is 0 Å². The SMILES string of the molecule is C=Cc1ccc(N(c2cccc(N)n2)c2ccc(C=C)c(OC)c2O)c(O)c1OC. The Bertz CT molecular complexity index is 1050. The third-order valence-electron chi connectivity index (χ3n) is 4.60. The van der Waals surface area contributed by atoms with Gasteiger partial charge in [-0.3, -0.25) is 4.90 Å². The molecule has 3 aromatic rings. The highest BCUT2D eigenvalue weighted by atomic mass is 16.5. The Labute approximate surface area is 174 Å². The Hall–Kier alpha value is -4.13. The van der Waals surface area contributed by atoms with Crippen LogP contribution in [0.25, 0.3) is 12.2 Å². The number of anilines is 4. The van der Waals surface area contributed by atoms with E-state index in [1.807, 2.05) is 0 Å². The fourth-order valence-electron chi connectivity index (χ4n) is 3.20. The molecule has 0 amide bonds. The van der Waals surface area contributed by atoms with Crippen molar-refractivity contribution in [2.75, 3.05) is 24.9 Å². The molecule has 0 spiro atoms. The molecule has 0 bridgehead atoms. The largest absolute Gasteiger partial charge is 0.503 e. The second-order valence-electron chi connectivity index (χ2n) is 6.28. The summed E-state index contributed by atoms with van der Waals surface area (Å²) in [7, 11) is 2.91. The minimum absolute atomic E-state index is 0.148. The van der Waals surface area contributed by atoms with Crippen LogP contribution in [-0.4, -0.2) is 29.4 Å². The number of nitrogens with zero attached hydrogens (tertiary/aromatic N) is 2. The van der Waals surface area contributed by atoms with Crippen LogP contribution in [0.15, 0.2) is 55.6 Å². The molecule has 0 radical (unpaired) electrons. The lowest BCUT2D eigenvalue weighted by atomic mass is 10.1. The van der Waals surface area contributed by atoms with Crippen LogP contribution in [0.5, 0.6) is 23.0 Å². The average molecular weight is 405 g/mol. The fraction of sp³-hybridized carbons (Fsp3) is 0.0870. The monoisotopic (exact) mass is 405 g/mol. The van der Waals surface area contributed by atoms with E-state index in [1.165, 1.54) is 14.2 Å². The summed E-state index contributed by atoms with van der Waals surface area (Å²) in [6.07, 6.45) is 3.15. The highest BCUT2D eigenvalue weighted by Crippen LogP contribution is 2.50. The van der Waals surface area contributed by atoms with Crippen molar-refractivity contribution < 1.29 is 19.7 Å². The molecule has 0 aliphatic carbocycles. The number of aromatic hydroxyl groups is 2.